The number of anilines is 1. The summed E-state index contributed by atoms with van der Waals surface area (Å²) in [5.74, 6) is 5.72. The molecule has 0 fully saturated rings. The van der Waals surface area contributed by atoms with Crippen LogP contribution in [0, 0.1) is 5.53 Å². The molecule has 0 amide bonds. The van der Waals surface area contributed by atoms with E-state index in [1.54, 1.807) is 30.3 Å². The molecular formula is C14H12N4O2. The first-order valence-electron chi connectivity index (χ1n) is 5.91. The third kappa shape index (κ3) is 1.63. The Labute approximate surface area is 113 Å². The topological polar surface area (TPSA) is 115 Å². The lowest BCUT2D eigenvalue weighted by atomic mass is 9.98. The van der Waals surface area contributed by atoms with E-state index in [1.165, 1.54) is 6.07 Å². The second kappa shape index (κ2) is 4.36. The van der Waals surface area contributed by atoms with E-state index < -0.39 is 0 Å². The van der Waals surface area contributed by atoms with Gasteiger partial charge in [-0.15, -0.1) is 0 Å². The van der Waals surface area contributed by atoms with Gasteiger partial charge in [0.05, 0.1) is 5.69 Å². The number of nitrogens with one attached hydrogen (secondary N) is 2. The molecule has 6 heteroatoms. The minimum atomic E-state index is 0.0866. The maximum Gasteiger partial charge on any atom is 0.118 e. The van der Waals surface area contributed by atoms with Crippen molar-refractivity contribution in [2.24, 2.45) is 11.0 Å². The molecule has 0 heterocycles. The highest BCUT2D eigenvalue weighted by Gasteiger charge is 2.14. The van der Waals surface area contributed by atoms with Crippen LogP contribution in [0.15, 0.2) is 41.5 Å². The zero-order valence-electron chi connectivity index (χ0n) is 10.4. The number of nitrogens with zero attached hydrogens (tertiary/aromatic N) is 1. The fraction of sp³-hybridized carbons (Fsp3) is 0. The fourth-order valence-corrected chi connectivity index (χ4v) is 2.46. The van der Waals surface area contributed by atoms with Crippen molar-refractivity contribution in [3.8, 4) is 11.5 Å². The van der Waals surface area contributed by atoms with Gasteiger partial charge >= 0.3 is 0 Å². The van der Waals surface area contributed by atoms with Crippen molar-refractivity contribution in [3.05, 3.63) is 36.4 Å². The standard InChI is InChI=1S/C14H12N4O2/c15-17-13-11-5-7(19)1-3-9(11)10-4-2-8(20)6-12(10)14(13)18-16/h1-6,15,18-20H,16H2. The van der Waals surface area contributed by atoms with Crippen molar-refractivity contribution in [1.82, 2.24) is 0 Å². The summed E-state index contributed by atoms with van der Waals surface area (Å²) in [7, 11) is 0. The monoisotopic (exact) mass is 268 g/mol. The summed E-state index contributed by atoms with van der Waals surface area (Å²) in [6.07, 6.45) is 0. The van der Waals surface area contributed by atoms with Gasteiger partial charge in [0.1, 0.15) is 17.2 Å². The highest BCUT2D eigenvalue weighted by molar-refractivity contribution is 6.19. The maximum atomic E-state index is 9.64. The van der Waals surface area contributed by atoms with Crippen molar-refractivity contribution < 1.29 is 10.2 Å². The maximum absolute atomic E-state index is 9.64. The highest BCUT2D eigenvalue weighted by Crippen LogP contribution is 2.43. The first-order valence-corrected chi connectivity index (χ1v) is 5.91. The second-order valence-electron chi connectivity index (χ2n) is 4.44. The molecular weight excluding hydrogens is 256 g/mol. The fourth-order valence-electron chi connectivity index (χ4n) is 2.46. The van der Waals surface area contributed by atoms with Crippen LogP contribution in [-0.2, 0) is 0 Å². The van der Waals surface area contributed by atoms with Crippen molar-refractivity contribution in [2.45, 2.75) is 0 Å². The van der Waals surface area contributed by atoms with Crippen molar-refractivity contribution >= 4 is 32.9 Å². The average Bonchev–Trinajstić information content (AvgIpc) is 2.45. The zero-order valence-corrected chi connectivity index (χ0v) is 10.4. The summed E-state index contributed by atoms with van der Waals surface area (Å²) in [6, 6.07) is 9.75. The summed E-state index contributed by atoms with van der Waals surface area (Å²) in [5.41, 5.74) is 10.6. The van der Waals surface area contributed by atoms with Gasteiger partial charge in [-0.2, -0.15) is 5.11 Å². The molecule has 3 rings (SSSR count). The molecule has 3 aromatic carbocycles. The Kier molecular flexibility index (Phi) is 2.66. The average molecular weight is 268 g/mol. The molecule has 0 radical (unpaired) electrons. The van der Waals surface area contributed by atoms with E-state index in [1.807, 2.05) is 0 Å². The number of hydrazine groups is 1. The molecule has 3 aromatic rings. The first-order chi connectivity index (χ1) is 9.65. The number of fused-ring (bicyclic) bond motifs is 3. The quantitative estimate of drug-likeness (QED) is 0.212. The number of nitrogen functional groups attached to an aromatic ring is 1. The lowest BCUT2D eigenvalue weighted by Gasteiger charge is -2.13. The molecule has 0 saturated carbocycles. The number of hydrogen-bond acceptors (Lipinski definition) is 6. The van der Waals surface area contributed by atoms with Crippen LogP contribution in [0.5, 0.6) is 11.5 Å². The Balaban J connectivity index is 2.63. The first kappa shape index (κ1) is 12.2. The minimum absolute atomic E-state index is 0.0866. The molecule has 0 spiro atoms. The van der Waals surface area contributed by atoms with Gasteiger partial charge in [0.2, 0.25) is 0 Å². The SMILES string of the molecule is N=Nc1c(NN)c2cc(O)ccc2c2ccc(O)cc12. The molecule has 0 aliphatic carbocycles. The molecule has 0 atom stereocenters. The summed E-state index contributed by atoms with van der Waals surface area (Å²) < 4.78 is 0. The van der Waals surface area contributed by atoms with E-state index in [2.05, 4.69) is 10.5 Å². The van der Waals surface area contributed by atoms with E-state index in [4.69, 9.17) is 11.4 Å². The molecule has 0 aromatic heterocycles. The molecule has 0 aliphatic heterocycles. The smallest absolute Gasteiger partial charge is 0.118 e. The molecule has 100 valence electrons. The number of benzene rings is 3. The Morgan fingerprint density at radius 3 is 2.00 bits per heavy atom. The van der Waals surface area contributed by atoms with Crippen LogP contribution >= 0.6 is 0 Å². The predicted molar refractivity (Wildman–Crippen MR) is 77.4 cm³/mol. The zero-order chi connectivity index (χ0) is 14.3. The number of hydrogen-bond donors (Lipinski definition) is 5. The molecule has 0 aliphatic rings. The lowest BCUT2D eigenvalue weighted by molar-refractivity contribution is 0.475. The minimum Gasteiger partial charge on any atom is -0.508 e. The van der Waals surface area contributed by atoms with Gasteiger partial charge in [-0.3, -0.25) is 5.84 Å². The molecule has 0 bridgehead atoms. The van der Waals surface area contributed by atoms with Crippen LogP contribution in [0.4, 0.5) is 11.4 Å². The van der Waals surface area contributed by atoms with Crippen LogP contribution in [-0.4, -0.2) is 10.2 Å². The summed E-state index contributed by atoms with van der Waals surface area (Å²) >= 11 is 0. The van der Waals surface area contributed by atoms with E-state index in [0.29, 0.717) is 22.1 Å². The number of nitrogens with two attached hydrogens (primary N) is 1. The van der Waals surface area contributed by atoms with Gasteiger partial charge in [0.25, 0.3) is 0 Å². The van der Waals surface area contributed by atoms with E-state index in [0.717, 1.165) is 10.8 Å². The van der Waals surface area contributed by atoms with E-state index in [9.17, 15) is 10.2 Å². The van der Waals surface area contributed by atoms with Gasteiger partial charge in [0.15, 0.2) is 0 Å². The predicted octanol–water partition coefficient (Wildman–Crippen LogP) is 3.35. The van der Waals surface area contributed by atoms with Crippen LogP contribution in [0.1, 0.15) is 0 Å². The Hall–Kier alpha value is -2.86. The number of phenols is 2. The molecule has 0 saturated heterocycles. The molecule has 6 N–H and O–H groups in total. The van der Waals surface area contributed by atoms with Crippen molar-refractivity contribution in [3.63, 3.8) is 0 Å². The van der Waals surface area contributed by atoms with E-state index in [-0.39, 0.29) is 11.5 Å². The van der Waals surface area contributed by atoms with Crippen molar-refractivity contribution in [2.75, 3.05) is 5.43 Å². The summed E-state index contributed by atoms with van der Waals surface area (Å²) in [4.78, 5) is 0. The Morgan fingerprint density at radius 1 is 0.900 bits per heavy atom. The van der Waals surface area contributed by atoms with Crippen LogP contribution in [0.25, 0.3) is 21.5 Å². The highest BCUT2D eigenvalue weighted by atomic mass is 16.3. The third-order valence-electron chi connectivity index (χ3n) is 3.31. The molecule has 6 nitrogen and oxygen atoms in total. The van der Waals surface area contributed by atoms with Gasteiger partial charge in [-0.25, -0.2) is 5.53 Å². The number of aromatic hydroxyl groups is 2. The van der Waals surface area contributed by atoms with Crippen molar-refractivity contribution in [1.29, 1.82) is 5.53 Å². The molecule has 0 unspecified atom stereocenters. The summed E-state index contributed by atoms with van der Waals surface area (Å²) in [5, 5.41) is 25.7. The van der Waals surface area contributed by atoms with Crippen LogP contribution in [0.2, 0.25) is 0 Å². The normalized spacial score (nSPS) is 10.8. The van der Waals surface area contributed by atoms with E-state index >= 15 is 0 Å². The summed E-state index contributed by atoms with van der Waals surface area (Å²) in [6.45, 7) is 0. The largest absolute Gasteiger partial charge is 0.508 e. The van der Waals surface area contributed by atoms with Gasteiger partial charge in [-0.05, 0) is 35.0 Å². The van der Waals surface area contributed by atoms with Crippen LogP contribution < -0.4 is 11.3 Å². The number of phenolic OH excluding ortho intramolecular Hbond substituents is 2. The Morgan fingerprint density at radius 2 is 1.45 bits per heavy atom. The van der Waals surface area contributed by atoms with Gasteiger partial charge < -0.3 is 15.6 Å². The lowest BCUT2D eigenvalue weighted by Crippen LogP contribution is -2.07. The number of rotatable bonds is 2. The van der Waals surface area contributed by atoms with Gasteiger partial charge in [0, 0.05) is 10.8 Å². The van der Waals surface area contributed by atoms with Crippen LogP contribution in [0.3, 0.4) is 0 Å². The third-order valence-corrected chi connectivity index (χ3v) is 3.31. The van der Waals surface area contributed by atoms with Gasteiger partial charge in [-0.1, -0.05) is 12.1 Å². The second-order valence-corrected chi connectivity index (χ2v) is 4.44. The molecule has 20 heavy (non-hydrogen) atoms. The Bertz CT molecular complexity index is 846.